The van der Waals surface area contributed by atoms with Crippen molar-refractivity contribution in [3.8, 4) is 0 Å². The average Bonchev–Trinajstić information content (AvgIpc) is 3.01. The fourth-order valence-corrected chi connectivity index (χ4v) is 2.62. The highest BCUT2D eigenvalue weighted by Gasteiger charge is 2.10. The first-order valence-corrected chi connectivity index (χ1v) is 7.42. The number of hydrogen-bond acceptors (Lipinski definition) is 2. The molecule has 0 radical (unpaired) electrons. The van der Waals surface area contributed by atoms with Gasteiger partial charge in [0, 0.05) is 37.0 Å². The monoisotopic (exact) mass is 282 g/mol. The summed E-state index contributed by atoms with van der Waals surface area (Å²) in [5, 5.41) is 9.30. The maximum Gasteiger partial charge on any atom is 0.0821 e. The summed E-state index contributed by atoms with van der Waals surface area (Å²) in [5.74, 6) is 0. The molecular weight excluding hydrogens is 260 g/mol. The summed E-state index contributed by atoms with van der Waals surface area (Å²) in [7, 11) is 1.96. The molecule has 0 saturated heterocycles. The third kappa shape index (κ3) is 3.00. The predicted molar refractivity (Wildman–Crippen MR) is 86.2 cm³/mol. The van der Waals surface area contributed by atoms with Crippen molar-refractivity contribution in [1.82, 2.24) is 19.7 Å². The van der Waals surface area contributed by atoms with Crippen LogP contribution in [0.3, 0.4) is 0 Å². The van der Waals surface area contributed by atoms with E-state index < -0.39 is 0 Å². The Morgan fingerprint density at radius 3 is 2.71 bits per heavy atom. The van der Waals surface area contributed by atoms with Crippen molar-refractivity contribution in [3.05, 3.63) is 54.0 Å². The summed E-state index contributed by atoms with van der Waals surface area (Å²) in [6.45, 7) is 6.03. The molecule has 3 rings (SSSR count). The Hall–Kier alpha value is -2.07. The largest absolute Gasteiger partial charge is 0.337 e. The number of hydrogen-bond donors (Lipinski definition) is 1. The molecule has 0 aliphatic carbocycles. The molecule has 0 saturated carbocycles. The van der Waals surface area contributed by atoms with Crippen LogP contribution in [0.2, 0.25) is 0 Å². The van der Waals surface area contributed by atoms with E-state index in [0.29, 0.717) is 6.04 Å². The van der Waals surface area contributed by atoms with E-state index in [1.807, 2.05) is 17.9 Å². The van der Waals surface area contributed by atoms with Gasteiger partial charge in [0.05, 0.1) is 12.2 Å². The normalized spacial score (nSPS) is 11.6. The van der Waals surface area contributed by atoms with Crippen LogP contribution < -0.4 is 5.32 Å². The van der Waals surface area contributed by atoms with Crippen molar-refractivity contribution in [2.45, 2.75) is 33.0 Å². The summed E-state index contributed by atoms with van der Waals surface area (Å²) < 4.78 is 4.21. The molecule has 0 aliphatic rings. The zero-order chi connectivity index (χ0) is 14.8. The van der Waals surface area contributed by atoms with Crippen molar-refractivity contribution in [1.29, 1.82) is 0 Å². The number of nitrogens with zero attached hydrogens (tertiary/aromatic N) is 3. The Bertz CT molecular complexity index is 736. The average molecular weight is 282 g/mol. The lowest BCUT2D eigenvalue weighted by Gasteiger charge is -2.12. The fourth-order valence-electron chi connectivity index (χ4n) is 2.62. The van der Waals surface area contributed by atoms with Gasteiger partial charge in [-0.15, -0.1) is 0 Å². The van der Waals surface area contributed by atoms with Gasteiger partial charge in [-0.2, -0.15) is 5.10 Å². The van der Waals surface area contributed by atoms with Crippen LogP contribution >= 0.6 is 0 Å². The SMILES string of the molecule is CC(C)NCc1cc2ccccc2n1Cc1ccn(C)n1. The molecule has 0 amide bonds. The zero-order valence-electron chi connectivity index (χ0n) is 12.9. The molecule has 0 aliphatic heterocycles. The smallest absolute Gasteiger partial charge is 0.0821 e. The van der Waals surface area contributed by atoms with Crippen molar-refractivity contribution in [2.24, 2.45) is 7.05 Å². The minimum Gasteiger partial charge on any atom is -0.337 e. The van der Waals surface area contributed by atoms with Crippen LogP contribution in [0.15, 0.2) is 42.6 Å². The first kappa shape index (κ1) is 13.9. The number of aromatic nitrogens is 3. The van der Waals surface area contributed by atoms with E-state index >= 15 is 0 Å². The molecule has 1 aromatic carbocycles. The quantitative estimate of drug-likeness (QED) is 0.781. The van der Waals surface area contributed by atoms with Gasteiger partial charge >= 0.3 is 0 Å². The maximum atomic E-state index is 4.50. The van der Waals surface area contributed by atoms with Crippen LogP contribution in [-0.4, -0.2) is 20.4 Å². The first-order chi connectivity index (χ1) is 10.1. The number of rotatable bonds is 5. The number of benzene rings is 1. The Kier molecular flexibility index (Phi) is 3.80. The highest BCUT2D eigenvalue weighted by molar-refractivity contribution is 5.81. The van der Waals surface area contributed by atoms with Crippen LogP contribution in [-0.2, 0) is 20.1 Å². The molecule has 0 atom stereocenters. The summed E-state index contributed by atoms with van der Waals surface area (Å²) in [4.78, 5) is 0. The molecule has 21 heavy (non-hydrogen) atoms. The Morgan fingerprint density at radius 1 is 1.19 bits per heavy atom. The van der Waals surface area contributed by atoms with Gasteiger partial charge in [0.1, 0.15) is 0 Å². The maximum absolute atomic E-state index is 4.50. The third-order valence-electron chi connectivity index (χ3n) is 3.68. The number of fused-ring (bicyclic) bond motifs is 1. The van der Waals surface area contributed by atoms with Crippen molar-refractivity contribution in [3.63, 3.8) is 0 Å². The van der Waals surface area contributed by atoms with Gasteiger partial charge < -0.3 is 9.88 Å². The summed E-state index contributed by atoms with van der Waals surface area (Å²) in [6, 6.07) is 13.4. The molecule has 2 heterocycles. The second-order valence-corrected chi connectivity index (χ2v) is 5.80. The highest BCUT2D eigenvalue weighted by atomic mass is 15.3. The predicted octanol–water partition coefficient (Wildman–Crippen LogP) is 2.92. The van der Waals surface area contributed by atoms with E-state index in [0.717, 1.165) is 18.8 Å². The van der Waals surface area contributed by atoms with Crippen molar-refractivity contribution in [2.75, 3.05) is 0 Å². The lowest BCUT2D eigenvalue weighted by atomic mass is 10.2. The third-order valence-corrected chi connectivity index (χ3v) is 3.68. The van der Waals surface area contributed by atoms with Gasteiger partial charge in [-0.1, -0.05) is 32.0 Å². The second kappa shape index (κ2) is 5.74. The first-order valence-electron chi connectivity index (χ1n) is 7.42. The van der Waals surface area contributed by atoms with Gasteiger partial charge in [-0.25, -0.2) is 0 Å². The number of para-hydroxylation sites is 1. The van der Waals surface area contributed by atoms with E-state index in [1.165, 1.54) is 16.6 Å². The van der Waals surface area contributed by atoms with Gasteiger partial charge in [-0.05, 0) is 23.6 Å². The standard InChI is InChI=1S/C17H22N4/c1-13(2)18-11-16-10-14-6-4-5-7-17(14)21(16)12-15-8-9-20(3)19-15/h4-10,13,18H,11-12H2,1-3H3. The zero-order valence-corrected chi connectivity index (χ0v) is 12.9. The molecule has 0 unspecified atom stereocenters. The molecule has 3 aromatic rings. The van der Waals surface area contributed by atoms with E-state index in [9.17, 15) is 0 Å². The Labute approximate surface area is 125 Å². The Balaban J connectivity index is 1.98. The molecule has 0 bridgehead atoms. The minimum atomic E-state index is 0.478. The summed E-state index contributed by atoms with van der Waals surface area (Å²) >= 11 is 0. The molecule has 4 nitrogen and oxygen atoms in total. The second-order valence-electron chi connectivity index (χ2n) is 5.80. The molecule has 110 valence electrons. The van der Waals surface area contributed by atoms with E-state index in [2.05, 4.69) is 65.2 Å². The molecule has 4 heteroatoms. The van der Waals surface area contributed by atoms with Crippen LogP contribution in [0.4, 0.5) is 0 Å². The van der Waals surface area contributed by atoms with Crippen LogP contribution in [0, 0.1) is 0 Å². The highest BCUT2D eigenvalue weighted by Crippen LogP contribution is 2.21. The lowest BCUT2D eigenvalue weighted by molar-refractivity contribution is 0.565. The van der Waals surface area contributed by atoms with Crippen molar-refractivity contribution < 1.29 is 0 Å². The molecule has 1 N–H and O–H groups in total. The Morgan fingerprint density at radius 2 is 2.00 bits per heavy atom. The number of aryl methyl sites for hydroxylation is 1. The van der Waals surface area contributed by atoms with Gasteiger partial charge in [0.25, 0.3) is 0 Å². The number of nitrogens with one attached hydrogen (secondary N) is 1. The molecule has 2 aromatic heterocycles. The topological polar surface area (TPSA) is 34.8 Å². The summed E-state index contributed by atoms with van der Waals surface area (Å²) in [6.07, 6.45) is 1.99. The van der Waals surface area contributed by atoms with Crippen LogP contribution in [0.5, 0.6) is 0 Å². The molecular formula is C17H22N4. The van der Waals surface area contributed by atoms with Gasteiger partial charge in [0.2, 0.25) is 0 Å². The van der Waals surface area contributed by atoms with Crippen molar-refractivity contribution >= 4 is 10.9 Å². The van der Waals surface area contributed by atoms with Gasteiger partial charge in [0.15, 0.2) is 0 Å². The van der Waals surface area contributed by atoms with E-state index in [4.69, 9.17) is 0 Å². The summed E-state index contributed by atoms with van der Waals surface area (Å²) in [5.41, 5.74) is 3.66. The fraction of sp³-hybridized carbons (Fsp3) is 0.353. The molecule has 0 fully saturated rings. The van der Waals surface area contributed by atoms with E-state index in [-0.39, 0.29) is 0 Å². The molecule has 0 spiro atoms. The minimum absolute atomic E-state index is 0.478. The van der Waals surface area contributed by atoms with Gasteiger partial charge in [-0.3, -0.25) is 4.68 Å². The van der Waals surface area contributed by atoms with Crippen LogP contribution in [0.25, 0.3) is 10.9 Å². The van der Waals surface area contributed by atoms with E-state index in [1.54, 1.807) is 0 Å². The van der Waals surface area contributed by atoms with Crippen LogP contribution in [0.1, 0.15) is 25.2 Å². The lowest BCUT2D eigenvalue weighted by Crippen LogP contribution is -2.23.